The van der Waals surface area contributed by atoms with Crippen LogP contribution in [0.25, 0.3) is 0 Å². The first kappa shape index (κ1) is 20.9. The van der Waals surface area contributed by atoms with E-state index >= 15 is 0 Å². The SMILES string of the molecule is CC(CC(=O)OCc1ccccc1)c1c(Cl)ncnc1N1CCN(C(=O)O)CC1. The fourth-order valence-corrected chi connectivity index (χ4v) is 3.61. The number of halogens is 1. The van der Waals surface area contributed by atoms with Crippen LogP contribution in [-0.4, -0.2) is 58.2 Å². The molecule has 9 heteroatoms. The van der Waals surface area contributed by atoms with Gasteiger partial charge in [0.15, 0.2) is 0 Å². The molecule has 1 fully saturated rings. The summed E-state index contributed by atoms with van der Waals surface area (Å²) in [7, 11) is 0. The number of anilines is 1. The molecule has 29 heavy (non-hydrogen) atoms. The minimum Gasteiger partial charge on any atom is -0.465 e. The highest BCUT2D eigenvalue weighted by Crippen LogP contribution is 2.33. The number of esters is 1. The van der Waals surface area contributed by atoms with E-state index in [0.29, 0.717) is 42.7 Å². The van der Waals surface area contributed by atoms with Crippen molar-refractivity contribution in [1.29, 1.82) is 0 Å². The molecule has 1 aliphatic rings. The first-order valence-corrected chi connectivity index (χ1v) is 9.76. The minimum absolute atomic E-state index is 0.141. The van der Waals surface area contributed by atoms with Crippen molar-refractivity contribution in [3.05, 3.63) is 52.9 Å². The first-order valence-electron chi connectivity index (χ1n) is 9.38. The van der Waals surface area contributed by atoms with Crippen LogP contribution in [0.1, 0.15) is 30.4 Å². The zero-order valence-corrected chi connectivity index (χ0v) is 16.9. The van der Waals surface area contributed by atoms with Gasteiger partial charge in [-0.05, 0) is 11.5 Å². The Morgan fingerprint density at radius 3 is 2.52 bits per heavy atom. The number of piperazine rings is 1. The summed E-state index contributed by atoms with van der Waals surface area (Å²) in [5, 5.41) is 9.41. The van der Waals surface area contributed by atoms with Crippen molar-refractivity contribution in [2.75, 3.05) is 31.1 Å². The average Bonchev–Trinajstić information content (AvgIpc) is 2.72. The number of amides is 1. The molecule has 0 saturated carbocycles. The van der Waals surface area contributed by atoms with E-state index in [9.17, 15) is 9.59 Å². The Morgan fingerprint density at radius 2 is 1.86 bits per heavy atom. The normalized spacial score (nSPS) is 15.1. The molecule has 154 valence electrons. The molecular weight excluding hydrogens is 396 g/mol. The lowest BCUT2D eigenvalue weighted by Crippen LogP contribution is -2.49. The number of rotatable bonds is 6. The molecule has 2 heterocycles. The van der Waals surface area contributed by atoms with Crippen LogP contribution >= 0.6 is 11.6 Å². The molecule has 1 aliphatic heterocycles. The third-order valence-electron chi connectivity index (χ3n) is 4.87. The number of carbonyl (C=O) groups excluding carboxylic acids is 1. The predicted octanol–water partition coefficient (Wildman–Crippen LogP) is 3.17. The number of ether oxygens (including phenoxy) is 1. The number of hydrogen-bond acceptors (Lipinski definition) is 6. The largest absolute Gasteiger partial charge is 0.465 e. The quantitative estimate of drug-likeness (QED) is 0.568. The number of carboxylic acid groups (broad SMARTS) is 1. The van der Waals surface area contributed by atoms with Crippen LogP contribution < -0.4 is 4.90 Å². The Morgan fingerprint density at radius 1 is 1.17 bits per heavy atom. The van der Waals surface area contributed by atoms with Crippen molar-refractivity contribution in [2.24, 2.45) is 0 Å². The Kier molecular flexibility index (Phi) is 6.87. The monoisotopic (exact) mass is 418 g/mol. The molecule has 1 amide bonds. The molecule has 1 N–H and O–H groups in total. The standard InChI is InChI=1S/C20H23ClN4O4/c1-14(11-16(26)29-12-15-5-3-2-4-6-15)17-18(21)22-13-23-19(17)24-7-9-25(10-8-24)20(27)28/h2-6,13-14H,7-12H2,1H3,(H,27,28). The van der Waals surface area contributed by atoms with E-state index in [1.807, 2.05) is 42.2 Å². The maximum Gasteiger partial charge on any atom is 0.407 e. The number of aromatic nitrogens is 2. The van der Waals surface area contributed by atoms with E-state index in [4.69, 9.17) is 21.4 Å². The van der Waals surface area contributed by atoms with Gasteiger partial charge in [-0.2, -0.15) is 0 Å². The first-order chi connectivity index (χ1) is 14.0. The van der Waals surface area contributed by atoms with Gasteiger partial charge in [0.25, 0.3) is 0 Å². The van der Waals surface area contributed by atoms with Gasteiger partial charge in [-0.3, -0.25) is 4.79 Å². The summed E-state index contributed by atoms with van der Waals surface area (Å²) in [5.41, 5.74) is 1.60. The van der Waals surface area contributed by atoms with Crippen LogP contribution in [0.5, 0.6) is 0 Å². The van der Waals surface area contributed by atoms with Crippen LogP contribution in [0.15, 0.2) is 36.7 Å². The van der Waals surface area contributed by atoms with Gasteiger partial charge in [0, 0.05) is 31.7 Å². The third kappa shape index (κ3) is 5.35. The topological polar surface area (TPSA) is 95.9 Å². The molecule has 8 nitrogen and oxygen atoms in total. The second-order valence-electron chi connectivity index (χ2n) is 6.91. The average molecular weight is 419 g/mol. The van der Waals surface area contributed by atoms with Gasteiger partial charge in [0.05, 0.1) is 6.42 Å². The number of hydrogen-bond donors (Lipinski definition) is 1. The van der Waals surface area contributed by atoms with E-state index < -0.39 is 6.09 Å². The van der Waals surface area contributed by atoms with Crippen molar-refractivity contribution < 1.29 is 19.4 Å². The van der Waals surface area contributed by atoms with E-state index in [2.05, 4.69) is 9.97 Å². The highest BCUT2D eigenvalue weighted by molar-refractivity contribution is 6.30. The zero-order chi connectivity index (χ0) is 20.8. The number of carbonyl (C=O) groups is 2. The lowest BCUT2D eigenvalue weighted by Gasteiger charge is -2.35. The van der Waals surface area contributed by atoms with Gasteiger partial charge in [-0.1, -0.05) is 48.9 Å². The Hall–Kier alpha value is -2.87. The van der Waals surface area contributed by atoms with Gasteiger partial charge >= 0.3 is 12.1 Å². The molecule has 1 aromatic carbocycles. The van der Waals surface area contributed by atoms with Crippen molar-refractivity contribution in [3.63, 3.8) is 0 Å². The highest BCUT2D eigenvalue weighted by Gasteiger charge is 2.27. The summed E-state index contributed by atoms with van der Waals surface area (Å²) in [4.78, 5) is 35.2. The fraction of sp³-hybridized carbons (Fsp3) is 0.400. The van der Waals surface area contributed by atoms with Gasteiger partial charge in [-0.15, -0.1) is 0 Å². The van der Waals surface area contributed by atoms with Gasteiger partial charge in [-0.25, -0.2) is 14.8 Å². The predicted molar refractivity (Wildman–Crippen MR) is 108 cm³/mol. The summed E-state index contributed by atoms with van der Waals surface area (Å²) in [6, 6.07) is 9.48. The molecule has 1 atom stereocenters. The summed E-state index contributed by atoms with van der Waals surface area (Å²) >= 11 is 6.34. The highest BCUT2D eigenvalue weighted by atomic mass is 35.5. The van der Waals surface area contributed by atoms with Crippen molar-refractivity contribution in [1.82, 2.24) is 14.9 Å². The second-order valence-corrected chi connectivity index (χ2v) is 7.27. The zero-order valence-electron chi connectivity index (χ0n) is 16.1. The molecule has 2 aromatic rings. The lowest BCUT2D eigenvalue weighted by molar-refractivity contribution is -0.145. The minimum atomic E-state index is -0.930. The van der Waals surface area contributed by atoms with Crippen molar-refractivity contribution in [3.8, 4) is 0 Å². The lowest BCUT2D eigenvalue weighted by atomic mass is 9.99. The fourth-order valence-electron chi connectivity index (χ4n) is 3.30. The molecule has 3 rings (SSSR count). The molecule has 1 unspecified atom stereocenters. The second kappa shape index (κ2) is 9.56. The van der Waals surface area contributed by atoms with E-state index in [-0.39, 0.29) is 24.9 Å². The molecule has 0 aliphatic carbocycles. The van der Waals surface area contributed by atoms with E-state index in [1.54, 1.807) is 0 Å². The smallest absolute Gasteiger partial charge is 0.407 e. The maximum absolute atomic E-state index is 12.3. The van der Waals surface area contributed by atoms with Gasteiger partial charge in [0.1, 0.15) is 23.9 Å². The molecular formula is C20H23ClN4O4. The Bertz CT molecular complexity index is 857. The molecule has 1 aromatic heterocycles. The Labute approximate surface area is 174 Å². The van der Waals surface area contributed by atoms with Crippen molar-refractivity contribution >= 4 is 29.5 Å². The van der Waals surface area contributed by atoms with Crippen LogP contribution in [-0.2, 0) is 16.1 Å². The van der Waals surface area contributed by atoms with Gasteiger partial charge < -0.3 is 19.6 Å². The Balaban J connectivity index is 1.66. The third-order valence-corrected chi connectivity index (χ3v) is 5.17. The summed E-state index contributed by atoms with van der Waals surface area (Å²) in [6.07, 6.45) is 0.591. The molecule has 1 saturated heterocycles. The molecule has 0 bridgehead atoms. The van der Waals surface area contributed by atoms with E-state index in [1.165, 1.54) is 11.2 Å². The van der Waals surface area contributed by atoms with Crippen LogP contribution in [0.2, 0.25) is 5.15 Å². The maximum atomic E-state index is 12.3. The van der Waals surface area contributed by atoms with Crippen LogP contribution in [0.4, 0.5) is 10.6 Å². The van der Waals surface area contributed by atoms with Crippen LogP contribution in [0, 0.1) is 0 Å². The van der Waals surface area contributed by atoms with Crippen molar-refractivity contribution in [2.45, 2.75) is 25.9 Å². The summed E-state index contributed by atoms with van der Waals surface area (Å²) < 4.78 is 5.38. The van der Waals surface area contributed by atoms with Gasteiger partial charge in [0.2, 0.25) is 0 Å². The summed E-state index contributed by atoms with van der Waals surface area (Å²) in [5.74, 6) is 0.0563. The van der Waals surface area contributed by atoms with E-state index in [0.717, 1.165) is 5.56 Å². The van der Waals surface area contributed by atoms with Crippen LogP contribution in [0.3, 0.4) is 0 Å². The molecule has 0 radical (unpaired) electrons. The number of benzene rings is 1. The number of nitrogens with zero attached hydrogens (tertiary/aromatic N) is 4. The molecule has 0 spiro atoms. The summed E-state index contributed by atoms with van der Waals surface area (Å²) in [6.45, 7) is 3.85.